The summed E-state index contributed by atoms with van der Waals surface area (Å²) in [5.41, 5.74) is 9.47. The predicted molar refractivity (Wildman–Crippen MR) is 331 cm³/mol. The molecule has 0 saturated heterocycles. The number of benzene rings is 8. The monoisotopic (exact) mass is 1070 g/mol. The largest absolute Gasteiger partial charge is 0.493 e. The molecule has 12 heteroatoms. The van der Waals surface area contributed by atoms with E-state index in [4.69, 9.17) is 28.3 Å². The van der Waals surface area contributed by atoms with E-state index in [1.165, 1.54) is 0 Å². The Morgan fingerprint density at radius 1 is 0.451 bits per heavy atom. The quantitative estimate of drug-likeness (QED) is 0.0777. The summed E-state index contributed by atoms with van der Waals surface area (Å²) in [6, 6.07) is 78.4. The maximum atomic E-state index is 12.3. The van der Waals surface area contributed by atoms with Crippen molar-refractivity contribution in [2.75, 3.05) is 13.2 Å². The van der Waals surface area contributed by atoms with Gasteiger partial charge in [0.05, 0.1) is 23.9 Å². The van der Waals surface area contributed by atoms with Crippen molar-refractivity contribution in [2.24, 2.45) is 11.8 Å². The molecule has 2 unspecified atom stereocenters. The second-order valence-electron chi connectivity index (χ2n) is 21.0. The average molecular weight is 1070 g/mol. The predicted octanol–water partition coefficient (Wildman–Crippen LogP) is 11.7. The molecule has 0 amide bonds. The first kappa shape index (κ1) is 52.7. The Labute approximate surface area is 477 Å². The van der Waals surface area contributed by atoms with Crippen molar-refractivity contribution in [2.45, 2.75) is 40.5 Å². The summed E-state index contributed by atoms with van der Waals surface area (Å²) in [4.78, 5) is 10.2. The minimum atomic E-state index is -0.590. The van der Waals surface area contributed by atoms with Crippen LogP contribution < -0.4 is 42.0 Å². The van der Waals surface area contributed by atoms with Crippen LogP contribution in [0.15, 0.2) is 227 Å². The Bertz CT molecular complexity index is 4000. The number of fused-ring (bicyclic) bond motifs is 3. The highest BCUT2D eigenvalue weighted by Gasteiger charge is 2.38. The molecule has 0 aliphatic rings. The highest BCUT2D eigenvalue weighted by Crippen LogP contribution is 2.38. The van der Waals surface area contributed by atoms with E-state index in [1.54, 1.807) is 0 Å². The minimum absolute atomic E-state index is 0.143. The van der Waals surface area contributed by atoms with Gasteiger partial charge < -0.3 is 27.3 Å². The van der Waals surface area contributed by atoms with Crippen molar-refractivity contribution in [3.63, 3.8) is 0 Å². The van der Waals surface area contributed by atoms with Crippen LogP contribution >= 0.6 is 0 Å². The van der Waals surface area contributed by atoms with Crippen LogP contribution in [-0.4, -0.2) is 45.8 Å². The van der Waals surface area contributed by atoms with Gasteiger partial charge in [0, 0.05) is 22.2 Å². The molecule has 0 spiro atoms. The zero-order valence-corrected chi connectivity index (χ0v) is 46.2. The third kappa shape index (κ3) is 10.1. The SMILES string of the molecule is CCC(C)COc1ccc(-c2c3/c(=C(\C#N)c4nc5ccccc5o4)n(B(c4ccccc4)c4ccccc4)c(-c4ccc(OCC(C)CC)cc4)c3/c(=C(\C#N)c3nc4ccccc4o3)n2B(c2ccccc2)c2ccccc2)cc1. The summed E-state index contributed by atoms with van der Waals surface area (Å²) in [6.07, 6.45) is 1.95. The molecular formula is C70H58B2N6O4. The van der Waals surface area contributed by atoms with Gasteiger partial charge in [-0.1, -0.05) is 208 Å². The molecule has 0 bridgehead atoms. The van der Waals surface area contributed by atoms with Gasteiger partial charge in [-0.25, -0.2) is 9.97 Å². The minimum Gasteiger partial charge on any atom is -0.493 e. The number of para-hydroxylation sites is 4. The summed E-state index contributed by atoms with van der Waals surface area (Å²) in [7, 11) is 0. The first-order valence-corrected chi connectivity index (χ1v) is 28.1. The van der Waals surface area contributed by atoms with Crippen LogP contribution in [0.5, 0.6) is 11.5 Å². The van der Waals surface area contributed by atoms with Crippen molar-refractivity contribution >= 4 is 79.7 Å². The fraction of sp³-hybridized carbons (Fsp3) is 0.143. The van der Waals surface area contributed by atoms with Crippen LogP contribution in [0.25, 0.3) is 66.6 Å². The molecule has 2 atom stereocenters. The molecule has 10 nitrogen and oxygen atoms in total. The summed E-state index contributed by atoms with van der Waals surface area (Å²) >= 11 is 0. The fourth-order valence-corrected chi connectivity index (χ4v) is 11.0. The van der Waals surface area contributed by atoms with Crippen LogP contribution in [0.4, 0.5) is 0 Å². The van der Waals surface area contributed by atoms with E-state index in [0.717, 1.165) is 57.3 Å². The standard InChI is InChI=1S/C70H58B2N6O4/c1-5-47(3)45-79-55-39-35-49(36-40-55)65-63-64(68(58(44-74)70-76-60-32-20-22-34-62(60)82-70)77(65)71(51-23-11-7-12-24-51)52-25-13-8-14-26-52)66(50-37-41-56(42-38-50)80-46-48(4)6-2)78(72(53-27-15-9-16-28-53)54-29-17-10-18-30-54)67(63)57(43-73)69-75-59-31-19-21-33-61(59)81-69/h7-42,47-48H,5-6,45-46H2,1-4H3/b67-57-,68-58-. The van der Waals surface area contributed by atoms with Gasteiger partial charge >= 0.3 is 13.7 Å². The molecule has 0 aliphatic heterocycles. The molecule has 0 fully saturated rings. The van der Waals surface area contributed by atoms with Crippen molar-refractivity contribution in [3.05, 3.63) is 241 Å². The smallest absolute Gasteiger partial charge is 0.328 e. The van der Waals surface area contributed by atoms with Crippen LogP contribution in [0, 0.1) is 34.5 Å². The number of aromatic nitrogens is 4. The molecule has 0 radical (unpaired) electrons. The summed E-state index contributed by atoms with van der Waals surface area (Å²) in [5.74, 6) is 2.41. The lowest BCUT2D eigenvalue weighted by atomic mass is 9.50. The molecule has 4 aromatic heterocycles. The highest BCUT2D eigenvalue weighted by molar-refractivity contribution is 6.85. The molecule has 0 N–H and O–H groups in total. The lowest BCUT2D eigenvalue weighted by Gasteiger charge is -2.24. The van der Waals surface area contributed by atoms with E-state index in [1.807, 2.05) is 146 Å². The lowest BCUT2D eigenvalue weighted by Crippen LogP contribution is -2.54. The van der Waals surface area contributed by atoms with Gasteiger partial charge in [-0.2, -0.15) is 10.5 Å². The first-order chi connectivity index (χ1) is 40.3. The third-order valence-electron chi connectivity index (χ3n) is 15.6. The molecule has 12 rings (SSSR count). The molecule has 12 aromatic rings. The van der Waals surface area contributed by atoms with Crippen molar-refractivity contribution < 1.29 is 18.3 Å². The Kier molecular flexibility index (Phi) is 15.0. The summed E-state index contributed by atoms with van der Waals surface area (Å²) in [5, 5.41) is 26.9. The molecule has 0 aliphatic carbocycles. The van der Waals surface area contributed by atoms with E-state index in [-0.39, 0.29) is 22.9 Å². The number of nitriles is 2. The Morgan fingerprint density at radius 3 is 1.07 bits per heavy atom. The van der Waals surface area contributed by atoms with E-state index in [2.05, 4.69) is 122 Å². The number of hydrogen-bond donors (Lipinski definition) is 0. The van der Waals surface area contributed by atoms with E-state index >= 15 is 0 Å². The molecule has 82 heavy (non-hydrogen) atoms. The van der Waals surface area contributed by atoms with Crippen LogP contribution in [-0.2, 0) is 0 Å². The molecular weight excluding hydrogens is 1010 g/mol. The molecule has 0 saturated carbocycles. The number of rotatable bonds is 18. The van der Waals surface area contributed by atoms with Crippen LogP contribution in [0.2, 0.25) is 0 Å². The Morgan fingerprint density at radius 2 is 0.768 bits per heavy atom. The van der Waals surface area contributed by atoms with Crippen LogP contribution in [0.3, 0.4) is 0 Å². The number of ether oxygens (including phenoxy) is 2. The van der Waals surface area contributed by atoms with E-state index in [9.17, 15) is 10.5 Å². The van der Waals surface area contributed by atoms with Crippen molar-refractivity contribution in [3.8, 4) is 46.2 Å². The van der Waals surface area contributed by atoms with Gasteiger partial charge in [-0.05, 0) is 95.8 Å². The Hall–Kier alpha value is -10.0. The first-order valence-electron chi connectivity index (χ1n) is 28.1. The van der Waals surface area contributed by atoms with Gasteiger partial charge in [-0.15, -0.1) is 0 Å². The van der Waals surface area contributed by atoms with Crippen LogP contribution in [0.1, 0.15) is 52.3 Å². The average Bonchev–Trinajstić information content (AvgIpc) is 3.44. The Balaban J connectivity index is 1.39. The second-order valence-corrected chi connectivity index (χ2v) is 21.0. The summed E-state index contributed by atoms with van der Waals surface area (Å²) < 4.78 is 31.0. The van der Waals surface area contributed by atoms with Gasteiger partial charge in [-0.3, -0.25) is 0 Å². The number of oxazole rings is 2. The normalized spacial score (nSPS) is 12.9. The molecule has 4 heterocycles. The van der Waals surface area contributed by atoms with E-state index < -0.39 is 13.7 Å². The van der Waals surface area contributed by atoms with Gasteiger partial charge in [0.15, 0.2) is 11.2 Å². The fourth-order valence-electron chi connectivity index (χ4n) is 11.0. The zero-order valence-electron chi connectivity index (χ0n) is 46.2. The molecule has 8 aromatic carbocycles. The highest BCUT2D eigenvalue weighted by atomic mass is 16.5. The second kappa shape index (κ2) is 23.4. The maximum Gasteiger partial charge on any atom is 0.328 e. The molecule has 398 valence electrons. The number of nitrogens with zero attached hydrogens (tertiary/aromatic N) is 6. The zero-order chi connectivity index (χ0) is 56.1. The number of hydrogen-bond acceptors (Lipinski definition) is 8. The van der Waals surface area contributed by atoms with Gasteiger partial charge in [0.2, 0.25) is 11.8 Å². The van der Waals surface area contributed by atoms with Gasteiger partial charge in [0.1, 0.15) is 45.8 Å². The van der Waals surface area contributed by atoms with Crippen molar-refractivity contribution in [1.82, 2.24) is 18.9 Å². The topological polar surface area (TPSA) is 128 Å². The maximum absolute atomic E-state index is 12.3. The lowest BCUT2D eigenvalue weighted by molar-refractivity contribution is 0.256. The van der Waals surface area contributed by atoms with Crippen molar-refractivity contribution in [1.29, 1.82) is 10.5 Å². The van der Waals surface area contributed by atoms with E-state index in [0.29, 0.717) is 80.1 Å². The third-order valence-corrected chi connectivity index (χ3v) is 15.6. The summed E-state index contributed by atoms with van der Waals surface area (Å²) in [6.45, 7) is 8.63. The van der Waals surface area contributed by atoms with Gasteiger partial charge in [0.25, 0.3) is 0 Å².